The highest BCUT2D eigenvalue weighted by molar-refractivity contribution is 7.91. The lowest BCUT2D eigenvalue weighted by atomic mass is 10.0. The summed E-state index contributed by atoms with van der Waals surface area (Å²) in [5.74, 6) is 0.190. The summed E-state index contributed by atoms with van der Waals surface area (Å²) in [7, 11) is -1.53. The molecule has 2 aliphatic rings. The molecule has 1 saturated carbocycles. The van der Waals surface area contributed by atoms with Crippen molar-refractivity contribution in [3.05, 3.63) is 24.3 Å². The third kappa shape index (κ3) is 3.56. The lowest BCUT2D eigenvalue weighted by molar-refractivity contribution is -0.143. The van der Waals surface area contributed by atoms with E-state index in [0.717, 1.165) is 0 Å². The van der Waals surface area contributed by atoms with E-state index in [0.29, 0.717) is 37.2 Å². The van der Waals surface area contributed by atoms with Crippen molar-refractivity contribution in [3.63, 3.8) is 0 Å². The lowest BCUT2D eigenvalue weighted by Crippen LogP contribution is -2.48. The SMILES string of the molecule is CCN(C(=O)C1(C(=O)Nc2ccc(OC)cc2)CC1)C1CCS(=O)(=O)C1. The normalized spacial score (nSPS) is 22.5. The number of rotatable bonds is 6. The quantitative estimate of drug-likeness (QED) is 0.754. The molecule has 1 aliphatic heterocycles. The number of methoxy groups -OCH3 is 1. The van der Waals surface area contributed by atoms with Crippen LogP contribution in [0.25, 0.3) is 0 Å². The molecule has 1 saturated heterocycles. The second kappa shape index (κ2) is 6.90. The van der Waals surface area contributed by atoms with Gasteiger partial charge in [-0.25, -0.2) is 8.42 Å². The Morgan fingerprint density at radius 3 is 2.38 bits per heavy atom. The van der Waals surface area contributed by atoms with Gasteiger partial charge in [0.25, 0.3) is 0 Å². The second-order valence-electron chi connectivity index (χ2n) is 6.91. The fourth-order valence-corrected chi connectivity index (χ4v) is 5.18. The number of carbonyl (C=O) groups is 2. The van der Waals surface area contributed by atoms with Gasteiger partial charge in [0.2, 0.25) is 11.8 Å². The van der Waals surface area contributed by atoms with E-state index in [1.165, 1.54) is 0 Å². The van der Waals surface area contributed by atoms with Crippen molar-refractivity contribution >= 4 is 27.3 Å². The average Bonchev–Trinajstić information content (AvgIpc) is 3.35. The van der Waals surface area contributed by atoms with Crippen molar-refractivity contribution in [2.75, 3.05) is 30.5 Å². The van der Waals surface area contributed by atoms with Crippen LogP contribution in [0.5, 0.6) is 5.75 Å². The number of benzene rings is 1. The van der Waals surface area contributed by atoms with Crippen molar-refractivity contribution < 1.29 is 22.7 Å². The van der Waals surface area contributed by atoms with E-state index in [2.05, 4.69) is 5.32 Å². The van der Waals surface area contributed by atoms with Crippen LogP contribution < -0.4 is 10.1 Å². The predicted molar refractivity (Wildman–Crippen MR) is 97.7 cm³/mol. The number of amides is 2. The Hall–Kier alpha value is -2.09. The first-order valence-corrected chi connectivity index (χ1v) is 10.6. The maximum Gasteiger partial charge on any atom is 0.240 e. The highest BCUT2D eigenvalue weighted by Crippen LogP contribution is 2.48. The van der Waals surface area contributed by atoms with Crippen LogP contribution in [0.3, 0.4) is 0 Å². The minimum atomic E-state index is -3.09. The average molecular weight is 380 g/mol. The molecule has 0 spiro atoms. The van der Waals surface area contributed by atoms with E-state index >= 15 is 0 Å². The molecule has 1 atom stereocenters. The van der Waals surface area contributed by atoms with Crippen molar-refractivity contribution in [1.82, 2.24) is 4.90 Å². The highest BCUT2D eigenvalue weighted by Gasteiger charge is 2.58. The van der Waals surface area contributed by atoms with Crippen molar-refractivity contribution in [1.29, 1.82) is 0 Å². The molecule has 0 aromatic heterocycles. The van der Waals surface area contributed by atoms with Crippen molar-refractivity contribution in [3.8, 4) is 5.75 Å². The molecule has 142 valence electrons. The topological polar surface area (TPSA) is 92.8 Å². The number of carbonyl (C=O) groups excluding carboxylic acids is 2. The number of nitrogens with one attached hydrogen (secondary N) is 1. The Morgan fingerprint density at radius 2 is 1.92 bits per heavy atom. The van der Waals surface area contributed by atoms with Gasteiger partial charge in [-0.05, 0) is 50.5 Å². The van der Waals surface area contributed by atoms with E-state index < -0.39 is 15.3 Å². The number of hydrogen-bond donors (Lipinski definition) is 1. The minimum Gasteiger partial charge on any atom is -0.497 e. The Balaban J connectivity index is 1.71. The van der Waals surface area contributed by atoms with Gasteiger partial charge in [-0.2, -0.15) is 0 Å². The van der Waals surface area contributed by atoms with Crippen LogP contribution in [0, 0.1) is 5.41 Å². The van der Waals surface area contributed by atoms with E-state index in [1.54, 1.807) is 36.3 Å². The van der Waals surface area contributed by atoms with Crippen molar-refractivity contribution in [2.24, 2.45) is 5.41 Å². The van der Waals surface area contributed by atoms with Gasteiger partial charge in [0.15, 0.2) is 9.84 Å². The summed E-state index contributed by atoms with van der Waals surface area (Å²) < 4.78 is 28.6. The largest absolute Gasteiger partial charge is 0.497 e. The third-order valence-electron chi connectivity index (χ3n) is 5.19. The van der Waals surface area contributed by atoms with Gasteiger partial charge in [0.1, 0.15) is 11.2 Å². The van der Waals surface area contributed by atoms with E-state index in [1.807, 2.05) is 6.92 Å². The molecule has 1 aromatic carbocycles. The molecule has 8 heteroatoms. The summed E-state index contributed by atoms with van der Waals surface area (Å²) in [4.78, 5) is 27.4. The molecule has 1 heterocycles. The van der Waals surface area contributed by atoms with Gasteiger partial charge >= 0.3 is 0 Å². The van der Waals surface area contributed by atoms with Crippen LogP contribution in [-0.4, -0.2) is 56.3 Å². The summed E-state index contributed by atoms with van der Waals surface area (Å²) in [6.45, 7) is 2.22. The van der Waals surface area contributed by atoms with Gasteiger partial charge < -0.3 is 15.0 Å². The monoisotopic (exact) mass is 380 g/mol. The van der Waals surface area contributed by atoms with Gasteiger partial charge in [0.05, 0.1) is 18.6 Å². The first-order valence-electron chi connectivity index (χ1n) is 8.78. The highest BCUT2D eigenvalue weighted by atomic mass is 32.2. The number of hydrogen-bond acceptors (Lipinski definition) is 5. The summed E-state index contributed by atoms with van der Waals surface area (Å²) in [6.07, 6.45) is 1.42. The molecule has 26 heavy (non-hydrogen) atoms. The van der Waals surface area contributed by atoms with Gasteiger partial charge in [-0.15, -0.1) is 0 Å². The van der Waals surface area contributed by atoms with E-state index in [9.17, 15) is 18.0 Å². The summed E-state index contributed by atoms with van der Waals surface area (Å²) in [6, 6.07) is 6.58. The first kappa shape index (κ1) is 18.7. The maximum absolute atomic E-state index is 13.0. The number of ether oxygens (including phenoxy) is 1. The standard InChI is InChI=1S/C18H24N2O5S/c1-3-20(14-8-11-26(23,24)12-14)17(22)18(9-10-18)16(21)19-13-4-6-15(25-2)7-5-13/h4-7,14H,3,8-12H2,1-2H3,(H,19,21). The van der Waals surface area contributed by atoms with E-state index in [-0.39, 0.29) is 29.4 Å². The summed E-state index contributed by atoms with van der Waals surface area (Å²) in [5, 5.41) is 2.80. The molecule has 2 fully saturated rings. The zero-order valence-corrected chi connectivity index (χ0v) is 15.8. The maximum atomic E-state index is 13.0. The molecule has 0 radical (unpaired) electrons. The zero-order chi connectivity index (χ0) is 18.9. The van der Waals surface area contributed by atoms with Crippen LogP contribution >= 0.6 is 0 Å². The molecule has 0 bridgehead atoms. The van der Waals surface area contributed by atoms with Gasteiger partial charge in [-0.3, -0.25) is 9.59 Å². The van der Waals surface area contributed by atoms with Crippen LogP contribution in [0.1, 0.15) is 26.2 Å². The molecule has 1 N–H and O–H groups in total. The van der Waals surface area contributed by atoms with Crippen molar-refractivity contribution in [2.45, 2.75) is 32.2 Å². The third-order valence-corrected chi connectivity index (χ3v) is 6.94. The molecule has 2 amide bonds. The Labute approximate surface area is 153 Å². The molecule has 1 aromatic rings. The summed E-state index contributed by atoms with van der Waals surface area (Å²) in [5.41, 5.74) is -0.469. The Bertz CT molecular complexity index is 799. The predicted octanol–water partition coefficient (Wildman–Crippen LogP) is 1.45. The Kier molecular flexibility index (Phi) is 4.96. The zero-order valence-electron chi connectivity index (χ0n) is 15.0. The molecule has 1 aliphatic carbocycles. The summed E-state index contributed by atoms with van der Waals surface area (Å²) >= 11 is 0. The van der Waals surface area contributed by atoms with Gasteiger partial charge in [0, 0.05) is 18.3 Å². The molecular weight excluding hydrogens is 356 g/mol. The van der Waals surface area contributed by atoms with Crippen LogP contribution in [0.2, 0.25) is 0 Å². The van der Waals surface area contributed by atoms with Crippen LogP contribution in [0.4, 0.5) is 5.69 Å². The second-order valence-corrected chi connectivity index (χ2v) is 9.14. The molecule has 3 rings (SSSR count). The van der Waals surface area contributed by atoms with Gasteiger partial charge in [-0.1, -0.05) is 0 Å². The number of anilines is 1. The van der Waals surface area contributed by atoms with E-state index in [4.69, 9.17) is 4.74 Å². The fourth-order valence-electron chi connectivity index (χ4n) is 3.45. The first-order chi connectivity index (χ1) is 12.3. The minimum absolute atomic E-state index is 0.0112. The molecule has 7 nitrogen and oxygen atoms in total. The molecular formula is C18H24N2O5S. The Morgan fingerprint density at radius 1 is 1.27 bits per heavy atom. The lowest BCUT2D eigenvalue weighted by Gasteiger charge is -2.30. The number of nitrogens with zero attached hydrogens (tertiary/aromatic N) is 1. The van der Waals surface area contributed by atoms with Crippen LogP contribution in [0.15, 0.2) is 24.3 Å². The smallest absolute Gasteiger partial charge is 0.240 e. The molecule has 1 unspecified atom stereocenters. The van der Waals surface area contributed by atoms with Crippen LogP contribution in [-0.2, 0) is 19.4 Å². The fraction of sp³-hybridized carbons (Fsp3) is 0.556. The number of sulfone groups is 1.